The van der Waals surface area contributed by atoms with Crippen molar-refractivity contribution in [3.05, 3.63) is 72.1 Å². The van der Waals surface area contributed by atoms with Crippen molar-refractivity contribution >= 4 is 35.0 Å². The second-order valence-electron chi connectivity index (χ2n) is 5.51. The standard InChI is InChI=1S/C19H15N3OS/c1-22-14(10-11-20-22)7-8-17(23)13-6-9-19-16(12-13)21-15-4-2-3-5-18(15)24-19/h2-12,21H,1H3/b8-7+. The van der Waals surface area contributed by atoms with Crippen molar-refractivity contribution in [2.75, 3.05) is 5.32 Å². The van der Waals surface area contributed by atoms with Crippen LogP contribution < -0.4 is 5.32 Å². The minimum absolute atomic E-state index is 0.0235. The highest BCUT2D eigenvalue weighted by molar-refractivity contribution is 7.99. The third-order valence-electron chi connectivity index (χ3n) is 3.90. The minimum Gasteiger partial charge on any atom is -0.354 e. The van der Waals surface area contributed by atoms with Crippen LogP contribution >= 0.6 is 11.8 Å². The molecule has 118 valence electrons. The molecule has 3 aromatic rings. The number of rotatable bonds is 3. The fourth-order valence-electron chi connectivity index (χ4n) is 2.60. The second-order valence-corrected chi connectivity index (χ2v) is 6.60. The van der Waals surface area contributed by atoms with Crippen LogP contribution in [0.5, 0.6) is 0 Å². The van der Waals surface area contributed by atoms with Crippen molar-refractivity contribution < 1.29 is 4.79 Å². The lowest BCUT2D eigenvalue weighted by Gasteiger charge is -2.20. The quantitative estimate of drug-likeness (QED) is 0.442. The van der Waals surface area contributed by atoms with Gasteiger partial charge in [-0.1, -0.05) is 23.9 Å². The van der Waals surface area contributed by atoms with Crippen LogP contribution in [0.2, 0.25) is 0 Å². The number of hydrogen-bond donors (Lipinski definition) is 1. The Morgan fingerprint density at radius 2 is 1.96 bits per heavy atom. The number of hydrogen-bond acceptors (Lipinski definition) is 4. The van der Waals surface area contributed by atoms with Gasteiger partial charge in [-0.25, -0.2) is 0 Å². The molecule has 4 rings (SSSR count). The maximum absolute atomic E-state index is 12.4. The Hall–Kier alpha value is -2.79. The number of allylic oxidation sites excluding steroid dienone is 1. The number of fused-ring (bicyclic) bond motifs is 2. The first-order valence-corrected chi connectivity index (χ1v) is 8.41. The SMILES string of the molecule is Cn1nccc1/C=C/C(=O)c1ccc2c(c1)Nc1ccccc1S2. The van der Waals surface area contributed by atoms with Gasteiger partial charge in [0.05, 0.1) is 17.1 Å². The summed E-state index contributed by atoms with van der Waals surface area (Å²) in [7, 11) is 1.85. The molecule has 0 bridgehead atoms. The van der Waals surface area contributed by atoms with Crippen molar-refractivity contribution in [3.63, 3.8) is 0 Å². The Morgan fingerprint density at radius 1 is 1.12 bits per heavy atom. The molecule has 24 heavy (non-hydrogen) atoms. The summed E-state index contributed by atoms with van der Waals surface area (Å²) >= 11 is 1.71. The molecule has 2 aromatic carbocycles. The number of ketones is 1. The van der Waals surface area contributed by atoms with Crippen LogP contribution in [0.1, 0.15) is 16.1 Å². The zero-order valence-electron chi connectivity index (χ0n) is 13.1. The van der Waals surface area contributed by atoms with Gasteiger partial charge in [-0.05, 0) is 48.6 Å². The van der Waals surface area contributed by atoms with Gasteiger partial charge in [-0.2, -0.15) is 5.10 Å². The highest BCUT2D eigenvalue weighted by atomic mass is 32.2. The molecule has 1 N–H and O–H groups in total. The zero-order chi connectivity index (χ0) is 16.5. The molecule has 0 unspecified atom stereocenters. The van der Waals surface area contributed by atoms with Gasteiger partial charge < -0.3 is 5.32 Å². The maximum Gasteiger partial charge on any atom is 0.185 e. The molecule has 1 aliphatic rings. The highest BCUT2D eigenvalue weighted by Gasteiger charge is 2.16. The largest absolute Gasteiger partial charge is 0.354 e. The average molecular weight is 333 g/mol. The van der Waals surface area contributed by atoms with E-state index >= 15 is 0 Å². The normalized spacial score (nSPS) is 12.5. The summed E-state index contributed by atoms with van der Waals surface area (Å²) in [4.78, 5) is 14.8. The molecule has 5 heteroatoms. The molecule has 4 nitrogen and oxygen atoms in total. The van der Waals surface area contributed by atoms with Gasteiger partial charge in [-0.15, -0.1) is 0 Å². The van der Waals surface area contributed by atoms with E-state index in [0.29, 0.717) is 5.56 Å². The molecule has 0 aliphatic carbocycles. The molecule has 1 aliphatic heterocycles. The van der Waals surface area contributed by atoms with Crippen LogP contribution in [0.25, 0.3) is 6.08 Å². The van der Waals surface area contributed by atoms with Crippen molar-refractivity contribution in [2.45, 2.75) is 9.79 Å². The van der Waals surface area contributed by atoms with E-state index in [1.54, 1.807) is 34.8 Å². The van der Waals surface area contributed by atoms with E-state index in [9.17, 15) is 4.79 Å². The summed E-state index contributed by atoms with van der Waals surface area (Å²) in [6.07, 6.45) is 5.08. The fraction of sp³-hybridized carbons (Fsp3) is 0.0526. The third-order valence-corrected chi connectivity index (χ3v) is 5.06. The molecule has 0 atom stereocenters. The molecule has 0 radical (unpaired) electrons. The Balaban J connectivity index is 1.59. The molecule has 0 saturated carbocycles. The topological polar surface area (TPSA) is 46.9 Å². The number of carbonyl (C=O) groups is 1. The number of benzene rings is 2. The number of aromatic nitrogens is 2. The van der Waals surface area contributed by atoms with Gasteiger partial charge in [0.2, 0.25) is 0 Å². The van der Waals surface area contributed by atoms with Gasteiger partial charge in [0.1, 0.15) is 0 Å². The summed E-state index contributed by atoms with van der Waals surface area (Å²) in [6.45, 7) is 0. The summed E-state index contributed by atoms with van der Waals surface area (Å²) in [6, 6.07) is 15.8. The number of para-hydroxylation sites is 1. The lowest BCUT2D eigenvalue weighted by atomic mass is 10.1. The lowest BCUT2D eigenvalue weighted by Crippen LogP contribution is -2.02. The second kappa shape index (κ2) is 6.02. The highest BCUT2D eigenvalue weighted by Crippen LogP contribution is 2.44. The van der Waals surface area contributed by atoms with Crippen molar-refractivity contribution in [1.29, 1.82) is 0 Å². The molecular formula is C19H15N3OS. The molecule has 1 aromatic heterocycles. The number of anilines is 2. The van der Waals surface area contributed by atoms with Crippen LogP contribution in [0.3, 0.4) is 0 Å². The summed E-state index contributed by atoms with van der Waals surface area (Å²) in [5.41, 5.74) is 3.60. The first-order valence-electron chi connectivity index (χ1n) is 7.59. The van der Waals surface area contributed by atoms with Crippen LogP contribution in [-0.2, 0) is 7.05 Å². The van der Waals surface area contributed by atoms with E-state index < -0.39 is 0 Å². The van der Waals surface area contributed by atoms with Crippen molar-refractivity contribution in [2.24, 2.45) is 7.05 Å². The number of carbonyl (C=O) groups excluding carboxylic acids is 1. The Bertz CT molecular complexity index is 959. The molecule has 0 amide bonds. The van der Waals surface area contributed by atoms with E-state index in [1.165, 1.54) is 4.90 Å². The molecule has 0 spiro atoms. The number of nitrogens with zero attached hydrogens (tertiary/aromatic N) is 2. The third kappa shape index (κ3) is 2.74. The number of aryl methyl sites for hydroxylation is 1. The van der Waals surface area contributed by atoms with E-state index in [0.717, 1.165) is 22.0 Å². The van der Waals surface area contributed by atoms with E-state index in [-0.39, 0.29) is 5.78 Å². The Morgan fingerprint density at radius 3 is 2.79 bits per heavy atom. The van der Waals surface area contributed by atoms with Gasteiger partial charge >= 0.3 is 0 Å². The van der Waals surface area contributed by atoms with Crippen LogP contribution in [0.4, 0.5) is 11.4 Å². The molecule has 0 saturated heterocycles. The van der Waals surface area contributed by atoms with Crippen LogP contribution in [-0.4, -0.2) is 15.6 Å². The number of nitrogens with one attached hydrogen (secondary N) is 1. The van der Waals surface area contributed by atoms with Gasteiger partial charge in [0, 0.05) is 28.6 Å². The van der Waals surface area contributed by atoms with Crippen molar-refractivity contribution in [3.8, 4) is 0 Å². The van der Waals surface area contributed by atoms with E-state index in [2.05, 4.69) is 16.5 Å². The first-order chi connectivity index (χ1) is 11.7. The smallest absolute Gasteiger partial charge is 0.185 e. The maximum atomic E-state index is 12.4. The molecular weight excluding hydrogens is 318 g/mol. The Labute approximate surface area is 144 Å². The minimum atomic E-state index is -0.0235. The lowest BCUT2D eigenvalue weighted by molar-refractivity contribution is 0.104. The van der Waals surface area contributed by atoms with E-state index in [1.807, 2.05) is 49.5 Å². The molecule has 2 heterocycles. The van der Waals surface area contributed by atoms with Gasteiger partial charge in [0.15, 0.2) is 5.78 Å². The van der Waals surface area contributed by atoms with E-state index in [4.69, 9.17) is 0 Å². The summed E-state index contributed by atoms with van der Waals surface area (Å²) in [5, 5.41) is 7.49. The summed E-state index contributed by atoms with van der Waals surface area (Å²) < 4.78 is 1.73. The van der Waals surface area contributed by atoms with Gasteiger partial charge in [0.25, 0.3) is 0 Å². The first kappa shape index (κ1) is 14.8. The monoisotopic (exact) mass is 333 g/mol. The molecule has 0 fully saturated rings. The summed E-state index contributed by atoms with van der Waals surface area (Å²) in [5.74, 6) is -0.0235. The van der Waals surface area contributed by atoms with Gasteiger partial charge in [-0.3, -0.25) is 9.48 Å². The zero-order valence-corrected chi connectivity index (χ0v) is 13.9. The van der Waals surface area contributed by atoms with Crippen LogP contribution in [0, 0.1) is 0 Å². The van der Waals surface area contributed by atoms with Crippen molar-refractivity contribution in [1.82, 2.24) is 9.78 Å². The predicted octanol–water partition coefficient (Wildman–Crippen LogP) is 4.52. The Kier molecular flexibility index (Phi) is 3.70. The average Bonchev–Trinajstić information content (AvgIpc) is 3.02. The van der Waals surface area contributed by atoms with Crippen LogP contribution in [0.15, 0.2) is 70.6 Å². The predicted molar refractivity (Wildman–Crippen MR) is 96.9 cm³/mol. The fourth-order valence-corrected chi connectivity index (χ4v) is 3.57.